The van der Waals surface area contributed by atoms with Crippen molar-refractivity contribution < 1.29 is 0 Å². The summed E-state index contributed by atoms with van der Waals surface area (Å²) in [4.78, 5) is 4.07. The summed E-state index contributed by atoms with van der Waals surface area (Å²) in [5, 5.41) is 0. The standard InChI is InChI=1S/C10H9BrN2/c1-13-7-12-6-10(13)8-2-4-9(11)5-3-8/h2-7H,1H3. The number of aryl methyl sites for hydroxylation is 1. The summed E-state index contributed by atoms with van der Waals surface area (Å²) in [6.07, 6.45) is 3.67. The predicted octanol–water partition coefficient (Wildman–Crippen LogP) is 2.85. The van der Waals surface area contributed by atoms with Gasteiger partial charge in [0.1, 0.15) is 0 Å². The van der Waals surface area contributed by atoms with Crippen molar-refractivity contribution in [1.82, 2.24) is 9.55 Å². The number of rotatable bonds is 1. The normalized spacial score (nSPS) is 10.3. The van der Waals surface area contributed by atoms with Crippen LogP contribution >= 0.6 is 15.9 Å². The van der Waals surface area contributed by atoms with Crippen LogP contribution in [0.25, 0.3) is 11.3 Å². The molecule has 66 valence electrons. The van der Waals surface area contributed by atoms with Gasteiger partial charge in [0.2, 0.25) is 0 Å². The third-order valence-electron chi connectivity index (χ3n) is 1.96. The molecule has 0 N–H and O–H groups in total. The zero-order valence-corrected chi connectivity index (χ0v) is 8.82. The molecule has 0 aliphatic carbocycles. The van der Waals surface area contributed by atoms with Crippen molar-refractivity contribution in [3.63, 3.8) is 0 Å². The molecule has 0 fully saturated rings. The number of nitrogens with zero attached hydrogens (tertiary/aromatic N) is 2. The van der Waals surface area contributed by atoms with Crippen LogP contribution in [-0.4, -0.2) is 9.55 Å². The zero-order valence-electron chi connectivity index (χ0n) is 7.24. The van der Waals surface area contributed by atoms with Gasteiger partial charge in [-0.3, -0.25) is 0 Å². The molecule has 13 heavy (non-hydrogen) atoms. The molecule has 0 saturated carbocycles. The van der Waals surface area contributed by atoms with Gasteiger partial charge >= 0.3 is 0 Å². The molecule has 0 amide bonds. The van der Waals surface area contributed by atoms with Crippen LogP contribution in [0.4, 0.5) is 0 Å². The summed E-state index contributed by atoms with van der Waals surface area (Å²) in [7, 11) is 1.99. The molecule has 0 saturated heterocycles. The summed E-state index contributed by atoms with van der Waals surface area (Å²) in [6.45, 7) is 0. The van der Waals surface area contributed by atoms with E-state index in [1.807, 2.05) is 29.9 Å². The quantitative estimate of drug-likeness (QED) is 0.745. The fraction of sp³-hybridized carbons (Fsp3) is 0.100. The molecule has 0 unspecified atom stereocenters. The SMILES string of the molecule is Cn1cncc1-c1ccc(Br)cc1. The molecule has 0 bridgehead atoms. The molecule has 2 nitrogen and oxygen atoms in total. The summed E-state index contributed by atoms with van der Waals surface area (Å²) >= 11 is 3.40. The van der Waals surface area contributed by atoms with Gasteiger partial charge in [0.25, 0.3) is 0 Å². The first-order chi connectivity index (χ1) is 6.27. The number of aromatic nitrogens is 2. The van der Waals surface area contributed by atoms with Crippen LogP contribution in [0, 0.1) is 0 Å². The molecule has 0 spiro atoms. The van der Waals surface area contributed by atoms with Gasteiger partial charge in [-0.2, -0.15) is 0 Å². The molecule has 1 aromatic carbocycles. The Morgan fingerprint density at radius 3 is 2.46 bits per heavy atom. The molecular weight excluding hydrogens is 228 g/mol. The molecule has 3 heteroatoms. The second-order valence-electron chi connectivity index (χ2n) is 2.90. The molecule has 0 radical (unpaired) electrons. The minimum atomic E-state index is 1.10. The van der Waals surface area contributed by atoms with Gasteiger partial charge in [-0.05, 0) is 17.7 Å². The number of hydrogen-bond donors (Lipinski definition) is 0. The monoisotopic (exact) mass is 236 g/mol. The minimum Gasteiger partial charge on any atom is -0.334 e. The van der Waals surface area contributed by atoms with E-state index in [0.29, 0.717) is 0 Å². The lowest BCUT2D eigenvalue weighted by Gasteiger charge is -2.01. The Morgan fingerprint density at radius 2 is 1.92 bits per heavy atom. The number of hydrogen-bond acceptors (Lipinski definition) is 1. The van der Waals surface area contributed by atoms with Crippen molar-refractivity contribution in [2.75, 3.05) is 0 Å². The average molecular weight is 237 g/mol. The van der Waals surface area contributed by atoms with E-state index < -0.39 is 0 Å². The van der Waals surface area contributed by atoms with E-state index in [4.69, 9.17) is 0 Å². The predicted molar refractivity (Wildman–Crippen MR) is 56.3 cm³/mol. The molecule has 1 heterocycles. The van der Waals surface area contributed by atoms with E-state index in [-0.39, 0.29) is 0 Å². The molecule has 2 rings (SSSR count). The van der Waals surface area contributed by atoms with E-state index in [0.717, 1.165) is 10.2 Å². The van der Waals surface area contributed by atoms with Crippen molar-refractivity contribution in [3.8, 4) is 11.3 Å². The number of benzene rings is 1. The van der Waals surface area contributed by atoms with Gasteiger partial charge in [0.05, 0.1) is 18.2 Å². The second kappa shape index (κ2) is 3.34. The Balaban J connectivity index is 2.47. The Morgan fingerprint density at radius 1 is 1.23 bits per heavy atom. The van der Waals surface area contributed by atoms with Crippen molar-refractivity contribution in [2.45, 2.75) is 0 Å². The Labute approximate surface area is 85.4 Å². The van der Waals surface area contributed by atoms with Gasteiger partial charge in [-0.1, -0.05) is 28.1 Å². The Kier molecular flexibility index (Phi) is 2.19. The maximum atomic E-state index is 4.07. The first-order valence-electron chi connectivity index (χ1n) is 3.99. The van der Waals surface area contributed by atoms with Crippen LogP contribution in [0.2, 0.25) is 0 Å². The van der Waals surface area contributed by atoms with E-state index in [1.54, 1.807) is 6.33 Å². The van der Waals surface area contributed by atoms with Crippen LogP contribution in [0.1, 0.15) is 0 Å². The molecule has 1 aromatic heterocycles. The highest BCUT2D eigenvalue weighted by molar-refractivity contribution is 9.10. The fourth-order valence-corrected chi connectivity index (χ4v) is 1.52. The zero-order chi connectivity index (χ0) is 9.26. The van der Waals surface area contributed by atoms with Gasteiger partial charge in [-0.15, -0.1) is 0 Å². The maximum absolute atomic E-state index is 4.07. The van der Waals surface area contributed by atoms with Gasteiger partial charge in [0, 0.05) is 11.5 Å². The highest BCUT2D eigenvalue weighted by Gasteiger charge is 2.00. The third-order valence-corrected chi connectivity index (χ3v) is 2.49. The van der Waals surface area contributed by atoms with Crippen LogP contribution in [0.15, 0.2) is 41.3 Å². The molecule has 0 atom stereocenters. The number of halogens is 1. The Bertz CT molecular complexity index is 403. The fourth-order valence-electron chi connectivity index (χ4n) is 1.26. The summed E-state index contributed by atoms with van der Waals surface area (Å²) in [5.74, 6) is 0. The van der Waals surface area contributed by atoms with Crippen LogP contribution in [0.3, 0.4) is 0 Å². The average Bonchev–Trinajstić information content (AvgIpc) is 2.53. The topological polar surface area (TPSA) is 17.8 Å². The molecule has 2 aromatic rings. The molecular formula is C10H9BrN2. The largest absolute Gasteiger partial charge is 0.334 e. The van der Waals surface area contributed by atoms with Gasteiger partial charge in [-0.25, -0.2) is 4.98 Å². The van der Waals surface area contributed by atoms with Crippen molar-refractivity contribution >= 4 is 15.9 Å². The van der Waals surface area contributed by atoms with E-state index in [9.17, 15) is 0 Å². The van der Waals surface area contributed by atoms with Crippen LogP contribution in [0.5, 0.6) is 0 Å². The highest BCUT2D eigenvalue weighted by atomic mass is 79.9. The maximum Gasteiger partial charge on any atom is 0.0948 e. The number of imidazole rings is 1. The van der Waals surface area contributed by atoms with E-state index in [1.165, 1.54) is 5.56 Å². The Hall–Kier alpha value is -1.09. The third kappa shape index (κ3) is 1.65. The molecule has 0 aliphatic heterocycles. The van der Waals surface area contributed by atoms with E-state index in [2.05, 4.69) is 33.0 Å². The van der Waals surface area contributed by atoms with Crippen molar-refractivity contribution in [1.29, 1.82) is 0 Å². The van der Waals surface area contributed by atoms with Gasteiger partial charge < -0.3 is 4.57 Å². The highest BCUT2D eigenvalue weighted by Crippen LogP contribution is 2.20. The summed E-state index contributed by atoms with van der Waals surface area (Å²) in [6, 6.07) is 8.20. The first kappa shape index (κ1) is 8.51. The molecule has 0 aliphatic rings. The van der Waals surface area contributed by atoms with E-state index >= 15 is 0 Å². The second-order valence-corrected chi connectivity index (χ2v) is 3.81. The summed E-state index contributed by atoms with van der Waals surface area (Å²) in [5.41, 5.74) is 2.32. The first-order valence-corrected chi connectivity index (χ1v) is 4.79. The van der Waals surface area contributed by atoms with Crippen molar-refractivity contribution in [3.05, 3.63) is 41.3 Å². The minimum absolute atomic E-state index is 1.10. The summed E-state index contributed by atoms with van der Waals surface area (Å²) < 4.78 is 3.10. The lowest BCUT2D eigenvalue weighted by molar-refractivity contribution is 0.921. The lowest BCUT2D eigenvalue weighted by atomic mass is 10.2. The van der Waals surface area contributed by atoms with Crippen molar-refractivity contribution in [2.24, 2.45) is 7.05 Å². The van der Waals surface area contributed by atoms with Crippen LogP contribution < -0.4 is 0 Å². The lowest BCUT2D eigenvalue weighted by Crippen LogP contribution is -1.88. The van der Waals surface area contributed by atoms with Crippen LogP contribution in [-0.2, 0) is 7.05 Å². The smallest absolute Gasteiger partial charge is 0.0948 e. The van der Waals surface area contributed by atoms with Gasteiger partial charge in [0.15, 0.2) is 0 Å².